The molecule has 0 unspecified atom stereocenters. The molecular weight excluding hydrogens is 704 g/mol. The second-order valence-corrected chi connectivity index (χ2v) is 12.1. The minimum absolute atomic E-state index is 0.0390. The van der Waals surface area contributed by atoms with E-state index in [1.54, 1.807) is 72.8 Å². The van der Waals surface area contributed by atoms with E-state index >= 15 is 0 Å². The molecule has 0 fully saturated rings. The molecule has 0 aliphatic carbocycles. The number of ether oxygens (including phenoxy) is 3. The van der Waals surface area contributed by atoms with Crippen LogP contribution >= 0.6 is 0 Å². The number of hydrogen-bond acceptors (Lipinski definition) is 8. The van der Waals surface area contributed by atoms with Crippen LogP contribution in [0.25, 0.3) is 0 Å². The monoisotopic (exact) mass is 736 g/mol. The molecule has 12 nitrogen and oxygen atoms in total. The van der Waals surface area contributed by atoms with Crippen molar-refractivity contribution in [2.45, 2.75) is 6.92 Å². The van der Waals surface area contributed by atoms with Crippen LogP contribution in [0.1, 0.15) is 62.9 Å². The number of nitrogens with one attached hydrogen (secondary N) is 2. The topological polar surface area (TPSA) is 178 Å². The van der Waals surface area contributed by atoms with Gasteiger partial charge >= 0.3 is 11.9 Å². The van der Waals surface area contributed by atoms with E-state index in [4.69, 9.17) is 14.2 Å². The fourth-order valence-electron chi connectivity index (χ4n) is 5.39. The van der Waals surface area contributed by atoms with Gasteiger partial charge in [-0.05, 0) is 128 Å². The highest BCUT2D eigenvalue weighted by Gasteiger charge is 2.20. The highest BCUT2D eigenvalue weighted by molar-refractivity contribution is 6.11. The quantitative estimate of drug-likeness (QED) is 0.0840. The molecule has 6 aromatic rings. The van der Waals surface area contributed by atoms with Crippen molar-refractivity contribution < 1.29 is 48.4 Å². The number of amides is 2. The van der Waals surface area contributed by atoms with E-state index in [-0.39, 0.29) is 39.5 Å². The van der Waals surface area contributed by atoms with Crippen LogP contribution in [0.3, 0.4) is 0 Å². The largest absolute Gasteiger partial charge is 0.478 e. The molecule has 12 heteroatoms. The second-order valence-electron chi connectivity index (χ2n) is 12.1. The number of benzene rings is 6. The maximum Gasteiger partial charge on any atom is 0.336 e. The molecule has 0 heterocycles. The minimum atomic E-state index is -1.39. The van der Waals surface area contributed by atoms with Crippen LogP contribution < -0.4 is 24.8 Å². The molecule has 4 N–H and O–H groups in total. The van der Waals surface area contributed by atoms with Crippen molar-refractivity contribution in [3.8, 4) is 34.5 Å². The smallest absolute Gasteiger partial charge is 0.336 e. The van der Waals surface area contributed by atoms with Gasteiger partial charge in [0.2, 0.25) is 0 Å². The zero-order chi connectivity index (χ0) is 39.1. The lowest BCUT2D eigenvalue weighted by Gasteiger charge is -2.13. The molecule has 0 radical (unpaired) electrons. The van der Waals surface area contributed by atoms with E-state index in [2.05, 4.69) is 10.6 Å². The van der Waals surface area contributed by atoms with E-state index < -0.39 is 23.8 Å². The van der Waals surface area contributed by atoms with Gasteiger partial charge in [0.15, 0.2) is 5.78 Å². The average molecular weight is 737 g/mol. The van der Waals surface area contributed by atoms with Crippen molar-refractivity contribution in [3.05, 3.63) is 172 Å². The number of anilines is 1. The number of aromatic carboxylic acids is 2. The molecule has 6 rings (SSSR count). The summed E-state index contributed by atoms with van der Waals surface area (Å²) in [4.78, 5) is 62.1. The van der Waals surface area contributed by atoms with Gasteiger partial charge in [0.1, 0.15) is 34.5 Å². The van der Waals surface area contributed by atoms with Crippen molar-refractivity contribution in [1.82, 2.24) is 5.32 Å². The van der Waals surface area contributed by atoms with Gasteiger partial charge in [-0.1, -0.05) is 17.7 Å². The molecule has 6 aromatic carbocycles. The number of rotatable bonds is 13. The lowest BCUT2D eigenvalue weighted by atomic mass is 10.0. The zero-order valence-corrected chi connectivity index (χ0v) is 29.4. The average Bonchev–Trinajstić information content (AvgIpc) is 3.19. The van der Waals surface area contributed by atoms with Gasteiger partial charge in [0.05, 0.1) is 22.3 Å². The summed E-state index contributed by atoms with van der Waals surface area (Å²) < 4.78 is 17.5. The molecule has 0 aromatic heterocycles. The predicted octanol–water partition coefficient (Wildman–Crippen LogP) is 8.61. The van der Waals surface area contributed by atoms with Gasteiger partial charge in [-0.15, -0.1) is 0 Å². The lowest BCUT2D eigenvalue weighted by molar-refractivity contribution is 0.0682. The maximum absolute atomic E-state index is 13.1. The molecular formula is C43H32N2O10. The molecule has 0 spiro atoms. The number of carboxylic acids is 2. The molecule has 0 aliphatic rings. The van der Waals surface area contributed by atoms with Gasteiger partial charge in [0.25, 0.3) is 11.8 Å². The predicted molar refractivity (Wildman–Crippen MR) is 202 cm³/mol. The van der Waals surface area contributed by atoms with Crippen LogP contribution in [0, 0.1) is 6.92 Å². The third-order valence-corrected chi connectivity index (χ3v) is 8.23. The Labute approximate surface area is 314 Å². The molecule has 55 heavy (non-hydrogen) atoms. The second kappa shape index (κ2) is 16.3. The Bertz CT molecular complexity index is 2410. The first-order valence-corrected chi connectivity index (χ1v) is 16.7. The van der Waals surface area contributed by atoms with E-state index in [0.717, 1.165) is 11.6 Å². The summed E-state index contributed by atoms with van der Waals surface area (Å²) in [5.74, 6) is -1.83. The Morgan fingerprint density at radius 3 is 1.33 bits per heavy atom. The standard InChI is InChI=1S/C43H32N2O10/c1-25-3-11-29(12-4-25)53-30-13-5-26(6-14-30)39(46)27-7-15-31(16-8-27)54-32-17-9-28(10-18-32)45-41(48)35-21-19-34(24-38(35)43(51)52)55-33-20-22-36(42(49)50)37(23-33)40(47)44-2/h3-24H,1-2H3,(H,44,47)(H,45,48)(H,49,50)(H,51,52). The van der Waals surface area contributed by atoms with Gasteiger partial charge in [0, 0.05) is 23.9 Å². The number of hydrogen-bond donors (Lipinski definition) is 4. The highest BCUT2D eigenvalue weighted by Crippen LogP contribution is 2.29. The number of aryl methyl sites for hydroxylation is 1. The van der Waals surface area contributed by atoms with Crippen LogP contribution in [-0.2, 0) is 0 Å². The lowest BCUT2D eigenvalue weighted by Crippen LogP contribution is -2.21. The first-order chi connectivity index (χ1) is 26.5. The molecule has 2 amide bonds. The summed E-state index contributed by atoms with van der Waals surface area (Å²) in [6, 6.07) is 35.2. The fraction of sp³-hybridized carbons (Fsp3) is 0.0465. The van der Waals surface area contributed by atoms with Crippen molar-refractivity contribution >= 4 is 35.2 Å². The van der Waals surface area contributed by atoms with Crippen LogP contribution in [0.2, 0.25) is 0 Å². The van der Waals surface area contributed by atoms with Gasteiger partial charge < -0.3 is 35.1 Å². The van der Waals surface area contributed by atoms with Crippen LogP contribution in [-0.4, -0.2) is 46.8 Å². The van der Waals surface area contributed by atoms with E-state index in [9.17, 15) is 34.2 Å². The normalized spacial score (nSPS) is 10.5. The summed E-state index contributed by atoms with van der Waals surface area (Å²) in [5, 5.41) is 24.3. The third kappa shape index (κ3) is 9.02. The molecule has 274 valence electrons. The molecule has 0 atom stereocenters. The van der Waals surface area contributed by atoms with E-state index in [0.29, 0.717) is 39.8 Å². The summed E-state index contributed by atoms with van der Waals surface area (Å²) in [5.41, 5.74) is 1.59. The number of carbonyl (C=O) groups is 5. The fourth-order valence-corrected chi connectivity index (χ4v) is 5.39. The van der Waals surface area contributed by atoms with Crippen LogP contribution in [0.15, 0.2) is 133 Å². The number of carboxylic acid groups (broad SMARTS) is 2. The van der Waals surface area contributed by atoms with Crippen molar-refractivity contribution in [2.75, 3.05) is 12.4 Å². The molecule has 0 bridgehead atoms. The van der Waals surface area contributed by atoms with Crippen molar-refractivity contribution in [3.63, 3.8) is 0 Å². The summed E-state index contributed by atoms with van der Waals surface area (Å²) in [6.07, 6.45) is 0. The first kappa shape index (κ1) is 37.0. The summed E-state index contributed by atoms with van der Waals surface area (Å²) in [7, 11) is 1.35. The summed E-state index contributed by atoms with van der Waals surface area (Å²) in [6.45, 7) is 2.00. The first-order valence-electron chi connectivity index (χ1n) is 16.7. The van der Waals surface area contributed by atoms with E-state index in [1.165, 1.54) is 37.4 Å². The molecule has 0 aliphatic heterocycles. The number of carbonyl (C=O) groups excluding carboxylic acids is 3. The maximum atomic E-state index is 13.1. The summed E-state index contributed by atoms with van der Waals surface area (Å²) >= 11 is 0. The molecule has 0 saturated carbocycles. The van der Waals surface area contributed by atoms with Gasteiger partial charge in [-0.25, -0.2) is 9.59 Å². The SMILES string of the molecule is CNC(=O)c1cc(Oc2ccc(C(=O)Nc3ccc(Oc4ccc(C(=O)c5ccc(Oc6ccc(C)cc6)cc5)cc4)cc3)c(C(=O)O)c2)ccc1C(=O)O. The van der Waals surface area contributed by atoms with Crippen molar-refractivity contribution in [1.29, 1.82) is 0 Å². The van der Waals surface area contributed by atoms with E-state index in [1.807, 2.05) is 31.2 Å². The Hall–Kier alpha value is -7.73. The molecule has 0 saturated heterocycles. The highest BCUT2D eigenvalue weighted by atomic mass is 16.5. The van der Waals surface area contributed by atoms with Gasteiger partial charge in [-0.2, -0.15) is 0 Å². The van der Waals surface area contributed by atoms with Crippen molar-refractivity contribution in [2.24, 2.45) is 0 Å². The minimum Gasteiger partial charge on any atom is -0.478 e. The Kier molecular flexibility index (Phi) is 11.0. The van der Waals surface area contributed by atoms with Crippen LogP contribution in [0.5, 0.6) is 34.5 Å². The third-order valence-electron chi connectivity index (χ3n) is 8.23. The zero-order valence-electron chi connectivity index (χ0n) is 29.4. The Morgan fingerprint density at radius 1 is 0.455 bits per heavy atom. The Balaban J connectivity index is 1.06. The van der Waals surface area contributed by atoms with Crippen LogP contribution in [0.4, 0.5) is 5.69 Å². The number of ketones is 1. The Morgan fingerprint density at radius 2 is 0.855 bits per heavy atom. The van der Waals surface area contributed by atoms with Gasteiger partial charge in [-0.3, -0.25) is 14.4 Å².